The number of methoxy groups -OCH3 is 2. The molecule has 26 heavy (non-hydrogen) atoms. The lowest BCUT2D eigenvalue weighted by Crippen LogP contribution is -2.04. The first-order chi connectivity index (χ1) is 12.7. The van der Waals surface area contributed by atoms with E-state index in [1.54, 1.807) is 12.1 Å². The Balaban J connectivity index is 1.98. The number of ether oxygens (including phenoxy) is 2. The lowest BCUT2D eigenvalue weighted by atomic mass is 10.1. The third kappa shape index (κ3) is 2.54. The van der Waals surface area contributed by atoms with Gasteiger partial charge in [-0.25, -0.2) is 0 Å². The number of furan rings is 1. The first-order valence-corrected chi connectivity index (χ1v) is 8.05. The highest BCUT2D eigenvalue weighted by Crippen LogP contribution is 2.42. The Morgan fingerprint density at radius 1 is 0.923 bits per heavy atom. The molecule has 4 rings (SSSR count). The fourth-order valence-corrected chi connectivity index (χ4v) is 3.01. The quantitative estimate of drug-likeness (QED) is 0.534. The van der Waals surface area contributed by atoms with Crippen molar-refractivity contribution in [1.29, 1.82) is 0 Å². The van der Waals surface area contributed by atoms with Gasteiger partial charge in [-0.05, 0) is 17.7 Å². The van der Waals surface area contributed by atoms with Crippen molar-refractivity contribution in [3.05, 3.63) is 70.3 Å². The highest BCUT2D eigenvalue weighted by molar-refractivity contribution is 6.06. The minimum absolute atomic E-state index is 0.211. The summed E-state index contributed by atoms with van der Waals surface area (Å²) in [7, 11) is 3.02. The lowest BCUT2D eigenvalue weighted by molar-refractivity contribution is 0.400. The summed E-state index contributed by atoms with van der Waals surface area (Å²) in [5.41, 5.74) is 1.56. The van der Waals surface area contributed by atoms with Gasteiger partial charge in [0.25, 0.3) is 0 Å². The van der Waals surface area contributed by atoms with E-state index in [4.69, 9.17) is 18.3 Å². The van der Waals surface area contributed by atoms with Gasteiger partial charge in [-0.2, -0.15) is 0 Å². The Morgan fingerprint density at radius 3 is 2.42 bits per heavy atom. The van der Waals surface area contributed by atoms with Crippen molar-refractivity contribution in [2.75, 3.05) is 14.2 Å². The van der Waals surface area contributed by atoms with E-state index in [1.807, 2.05) is 36.4 Å². The summed E-state index contributed by atoms with van der Waals surface area (Å²) in [6.07, 6.45) is 5.14. The fourth-order valence-electron chi connectivity index (χ4n) is 3.01. The molecule has 5 nitrogen and oxygen atoms in total. The Morgan fingerprint density at radius 2 is 1.69 bits per heavy atom. The van der Waals surface area contributed by atoms with E-state index >= 15 is 0 Å². The van der Waals surface area contributed by atoms with Gasteiger partial charge in [-0.15, -0.1) is 0 Å². The molecule has 0 bridgehead atoms. The molecule has 0 unspecified atom stereocenters. The number of rotatable bonds is 4. The second-order valence-corrected chi connectivity index (χ2v) is 5.69. The van der Waals surface area contributed by atoms with Crippen LogP contribution >= 0.6 is 0 Å². The minimum atomic E-state index is -0.211. The van der Waals surface area contributed by atoms with Gasteiger partial charge in [-0.3, -0.25) is 4.79 Å². The molecule has 0 aliphatic carbocycles. The summed E-state index contributed by atoms with van der Waals surface area (Å²) in [6, 6.07) is 12.9. The van der Waals surface area contributed by atoms with Crippen molar-refractivity contribution in [3.63, 3.8) is 0 Å². The van der Waals surface area contributed by atoms with E-state index in [9.17, 15) is 4.79 Å². The van der Waals surface area contributed by atoms with Crippen LogP contribution in [0.15, 0.2) is 62.4 Å². The van der Waals surface area contributed by atoms with E-state index in [-0.39, 0.29) is 5.43 Å². The first-order valence-electron chi connectivity index (χ1n) is 8.05. The van der Waals surface area contributed by atoms with Crippen LogP contribution in [0.3, 0.4) is 0 Å². The van der Waals surface area contributed by atoms with Crippen LogP contribution in [0, 0.1) is 0 Å². The van der Waals surface area contributed by atoms with Gasteiger partial charge in [0, 0.05) is 6.07 Å². The molecule has 0 fully saturated rings. The molecule has 0 radical (unpaired) electrons. The van der Waals surface area contributed by atoms with Crippen LogP contribution in [0.1, 0.15) is 11.3 Å². The molecular weight excluding hydrogens is 332 g/mol. The largest absolute Gasteiger partial charge is 0.495 e. The maximum atomic E-state index is 12.8. The molecule has 2 aromatic heterocycles. The number of hydrogen-bond acceptors (Lipinski definition) is 5. The van der Waals surface area contributed by atoms with Crippen molar-refractivity contribution < 1.29 is 18.3 Å². The topological polar surface area (TPSA) is 61.8 Å². The molecule has 0 spiro atoms. The standard InChI is InChI=1S/C21H16O5/c1-23-18-15-10-11-25-19(15)21(24-2)20-17(18)16(22)12-14(26-20)9-8-13-6-4-3-5-7-13/h3-12H,1-2H3. The van der Waals surface area contributed by atoms with E-state index in [0.29, 0.717) is 39.2 Å². The van der Waals surface area contributed by atoms with Crippen molar-refractivity contribution in [2.45, 2.75) is 0 Å². The van der Waals surface area contributed by atoms with Gasteiger partial charge in [0.05, 0.1) is 25.9 Å². The zero-order chi connectivity index (χ0) is 18.1. The van der Waals surface area contributed by atoms with Gasteiger partial charge in [-0.1, -0.05) is 36.4 Å². The minimum Gasteiger partial charge on any atom is -0.495 e. The molecule has 2 heterocycles. The van der Waals surface area contributed by atoms with Gasteiger partial charge in [0.15, 0.2) is 16.6 Å². The molecule has 0 atom stereocenters. The molecule has 0 saturated carbocycles. The normalized spacial score (nSPS) is 11.5. The summed E-state index contributed by atoms with van der Waals surface area (Å²) in [5, 5.41) is 0.992. The Bertz CT molecular complexity index is 1170. The second-order valence-electron chi connectivity index (χ2n) is 5.69. The van der Waals surface area contributed by atoms with Crippen LogP contribution in [0.25, 0.3) is 34.1 Å². The average molecular weight is 348 g/mol. The summed E-state index contributed by atoms with van der Waals surface area (Å²) in [6.45, 7) is 0. The van der Waals surface area contributed by atoms with E-state index < -0.39 is 0 Å². The van der Waals surface area contributed by atoms with Crippen LogP contribution in [0.5, 0.6) is 11.5 Å². The summed E-state index contributed by atoms with van der Waals surface area (Å²) in [5.74, 6) is 1.20. The van der Waals surface area contributed by atoms with Crippen LogP contribution in [-0.4, -0.2) is 14.2 Å². The van der Waals surface area contributed by atoms with Crippen LogP contribution in [0.2, 0.25) is 0 Å². The molecule has 0 aliphatic rings. The summed E-state index contributed by atoms with van der Waals surface area (Å²) >= 11 is 0. The predicted octanol–water partition coefficient (Wildman–Crippen LogP) is 4.73. The van der Waals surface area contributed by atoms with Crippen molar-refractivity contribution >= 4 is 34.1 Å². The molecule has 0 N–H and O–H groups in total. The molecular formula is C21H16O5. The third-order valence-electron chi connectivity index (χ3n) is 4.16. The van der Waals surface area contributed by atoms with Crippen LogP contribution in [-0.2, 0) is 0 Å². The van der Waals surface area contributed by atoms with E-state index in [1.165, 1.54) is 26.5 Å². The molecule has 130 valence electrons. The van der Waals surface area contributed by atoms with Crippen molar-refractivity contribution in [3.8, 4) is 11.5 Å². The Kier molecular flexibility index (Phi) is 3.97. The van der Waals surface area contributed by atoms with Gasteiger partial charge in [0.2, 0.25) is 5.75 Å². The maximum absolute atomic E-state index is 12.8. The maximum Gasteiger partial charge on any atom is 0.206 e. The SMILES string of the molecule is COc1c2occc2c(OC)c2c(=O)cc(C=Cc3ccccc3)oc12. The Hall–Kier alpha value is -3.47. The number of hydrogen-bond donors (Lipinski definition) is 0. The molecule has 2 aromatic carbocycles. The van der Waals surface area contributed by atoms with Gasteiger partial charge < -0.3 is 18.3 Å². The number of fused-ring (bicyclic) bond motifs is 2. The zero-order valence-electron chi connectivity index (χ0n) is 14.3. The molecule has 0 saturated heterocycles. The highest BCUT2D eigenvalue weighted by atomic mass is 16.5. The second kappa shape index (κ2) is 6.44. The van der Waals surface area contributed by atoms with Crippen molar-refractivity contribution in [2.24, 2.45) is 0 Å². The van der Waals surface area contributed by atoms with Gasteiger partial charge >= 0.3 is 0 Å². The summed E-state index contributed by atoms with van der Waals surface area (Å²) < 4.78 is 22.4. The smallest absolute Gasteiger partial charge is 0.206 e. The average Bonchev–Trinajstić information content (AvgIpc) is 3.14. The first kappa shape index (κ1) is 16.0. The van der Waals surface area contributed by atoms with E-state index in [2.05, 4.69) is 0 Å². The molecule has 4 aromatic rings. The van der Waals surface area contributed by atoms with E-state index in [0.717, 1.165) is 5.56 Å². The molecule has 0 aliphatic heterocycles. The van der Waals surface area contributed by atoms with Crippen LogP contribution < -0.4 is 14.9 Å². The zero-order valence-corrected chi connectivity index (χ0v) is 14.3. The molecule has 0 amide bonds. The van der Waals surface area contributed by atoms with Gasteiger partial charge in [0.1, 0.15) is 16.9 Å². The Labute approximate surface area is 149 Å². The summed E-state index contributed by atoms with van der Waals surface area (Å²) in [4.78, 5) is 12.8. The van der Waals surface area contributed by atoms with Crippen LogP contribution in [0.4, 0.5) is 0 Å². The number of benzene rings is 2. The fraction of sp³-hybridized carbons (Fsp3) is 0.0952. The lowest BCUT2D eigenvalue weighted by Gasteiger charge is -2.10. The molecule has 5 heteroatoms. The highest BCUT2D eigenvalue weighted by Gasteiger charge is 2.22. The monoisotopic (exact) mass is 348 g/mol. The van der Waals surface area contributed by atoms with Crippen molar-refractivity contribution in [1.82, 2.24) is 0 Å². The predicted molar refractivity (Wildman–Crippen MR) is 101 cm³/mol. The third-order valence-corrected chi connectivity index (χ3v) is 4.16.